The molecule has 112 valence electrons. The van der Waals surface area contributed by atoms with Crippen molar-refractivity contribution in [1.29, 1.82) is 0 Å². The van der Waals surface area contributed by atoms with E-state index in [4.69, 9.17) is 0 Å². The predicted molar refractivity (Wildman–Crippen MR) is 84.7 cm³/mol. The second kappa shape index (κ2) is 8.74. The van der Waals surface area contributed by atoms with Crippen LogP contribution >= 0.6 is 0 Å². The van der Waals surface area contributed by atoms with Crippen LogP contribution in [0, 0.1) is 0 Å². The molecule has 0 spiro atoms. The fourth-order valence-electron chi connectivity index (χ4n) is 1.98. The number of carbonyl (C=O) groups is 2. The molecule has 0 saturated carbocycles. The second-order valence-corrected chi connectivity index (χ2v) is 4.77. The minimum absolute atomic E-state index is 0.142. The van der Waals surface area contributed by atoms with Crippen molar-refractivity contribution >= 4 is 11.8 Å². The predicted octanol–water partition coefficient (Wildman–Crippen LogP) is 1.93. The molecule has 4 nitrogen and oxygen atoms in total. The van der Waals surface area contributed by atoms with E-state index in [0.29, 0.717) is 13.1 Å². The van der Waals surface area contributed by atoms with Crippen molar-refractivity contribution < 1.29 is 9.59 Å². The summed E-state index contributed by atoms with van der Waals surface area (Å²) in [5, 5.41) is 2.73. The topological polar surface area (TPSA) is 49.4 Å². The van der Waals surface area contributed by atoms with Crippen LogP contribution < -0.4 is 5.32 Å². The molecule has 0 aliphatic rings. The first-order valence-electron chi connectivity index (χ1n) is 6.92. The van der Waals surface area contributed by atoms with Crippen molar-refractivity contribution in [3.63, 3.8) is 0 Å². The second-order valence-electron chi connectivity index (χ2n) is 4.77. The van der Waals surface area contributed by atoms with Crippen LogP contribution in [0.2, 0.25) is 0 Å². The normalized spacial score (nSPS) is 11.3. The zero-order chi connectivity index (χ0) is 15.7. The van der Waals surface area contributed by atoms with Crippen LogP contribution in [-0.4, -0.2) is 35.8 Å². The molecule has 4 heteroatoms. The first-order chi connectivity index (χ1) is 10.1. The summed E-state index contributed by atoms with van der Waals surface area (Å²) in [5.41, 5.74) is 0.920. The number of amides is 2. The summed E-state index contributed by atoms with van der Waals surface area (Å²) in [4.78, 5) is 25.8. The van der Waals surface area contributed by atoms with Gasteiger partial charge in [-0.3, -0.25) is 9.59 Å². The average Bonchev–Trinajstić information content (AvgIpc) is 2.47. The Morgan fingerprint density at radius 3 is 2.29 bits per heavy atom. The van der Waals surface area contributed by atoms with Crippen LogP contribution in [-0.2, 0) is 16.0 Å². The minimum atomic E-state index is -0.568. The summed E-state index contributed by atoms with van der Waals surface area (Å²) >= 11 is 0. The van der Waals surface area contributed by atoms with Gasteiger partial charge in [-0.05, 0) is 12.5 Å². The first kappa shape index (κ1) is 16.7. The van der Waals surface area contributed by atoms with Crippen LogP contribution in [0.3, 0.4) is 0 Å². The zero-order valence-corrected chi connectivity index (χ0v) is 12.4. The number of nitrogens with zero attached hydrogens (tertiary/aromatic N) is 1. The standard InChI is InChI=1S/C17H22N2O2/c1-4-11-19(12-5-2)17(21)14(3)18-16(20)13-15-9-7-6-8-10-15/h4-10,14H,1-2,11-13H2,3H3,(H,18,20). The lowest BCUT2D eigenvalue weighted by molar-refractivity contribution is -0.135. The molecule has 0 radical (unpaired) electrons. The Labute approximate surface area is 126 Å². The smallest absolute Gasteiger partial charge is 0.245 e. The molecule has 0 heterocycles. The Bertz CT molecular complexity index is 487. The number of hydrogen-bond acceptors (Lipinski definition) is 2. The third kappa shape index (κ3) is 5.65. The van der Waals surface area contributed by atoms with Gasteiger partial charge in [0, 0.05) is 13.1 Å². The Morgan fingerprint density at radius 1 is 1.19 bits per heavy atom. The molecule has 1 atom stereocenters. The van der Waals surface area contributed by atoms with E-state index in [9.17, 15) is 9.59 Å². The van der Waals surface area contributed by atoms with Crippen LogP contribution in [0.4, 0.5) is 0 Å². The molecule has 1 aromatic rings. The van der Waals surface area contributed by atoms with E-state index in [0.717, 1.165) is 5.56 Å². The summed E-state index contributed by atoms with van der Waals surface area (Å²) in [6, 6.07) is 8.86. The molecular formula is C17H22N2O2. The van der Waals surface area contributed by atoms with Gasteiger partial charge in [0.1, 0.15) is 6.04 Å². The van der Waals surface area contributed by atoms with Gasteiger partial charge >= 0.3 is 0 Å². The molecule has 1 rings (SSSR count). The summed E-state index contributed by atoms with van der Waals surface area (Å²) < 4.78 is 0. The van der Waals surface area contributed by atoms with Crippen LogP contribution in [0.15, 0.2) is 55.6 Å². The first-order valence-corrected chi connectivity index (χ1v) is 6.92. The van der Waals surface area contributed by atoms with Gasteiger partial charge in [0.05, 0.1) is 6.42 Å². The highest BCUT2D eigenvalue weighted by molar-refractivity contribution is 5.88. The maximum atomic E-state index is 12.2. The van der Waals surface area contributed by atoms with E-state index in [1.165, 1.54) is 0 Å². The lowest BCUT2D eigenvalue weighted by Gasteiger charge is -2.23. The van der Waals surface area contributed by atoms with Gasteiger partial charge in [-0.25, -0.2) is 0 Å². The molecule has 21 heavy (non-hydrogen) atoms. The lowest BCUT2D eigenvalue weighted by Crippen LogP contribution is -2.47. The van der Waals surface area contributed by atoms with E-state index in [2.05, 4.69) is 18.5 Å². The highest BCUT2D eigenvalue weighted by Crippen LogP contribution is 2.01. The largest absolute Gasteiger partial charge is 0.344 e. The van der Waals surface area contributed by atoms with Gasteiger partial charge in [0.15, 0.2) is 0 Å². The van der Waals surface area contributed by atoms with Crippen LogP contribution in [0.25, 0.3) is 0 Å². The van der Waals surface area contributed by atoms with E-state index < -0.39 is 6.04 Å². The van der Waals surface area contributed by atoms with Crippen molar-refractivity contribution in [3.05, 3.63) is 61.2 Å². The fourth-order valence-corrected chi connectivity index (χ4v) is 1.98. The highest BCUT2D eigenvalue weighted by atomic mass is 16.2. The van der Waals surface area contributed by atoms with Gasteiger partial charge in [-0.2, -0.15) is 0 Å². The van der Waals surface area contributed by atoms with E-state index in [1.807, 2.05) is 30.3 Å². The number of rotatable bonds is 8. The van der Waals surface area contributed by atoms with Gasteiger partial charge < -0.3 is 10.2 Å². The number of nitrogens with one attached hydrogen (secondary N) is 1. The van der Waals surface area contributed by atoms with Crippen molar-refractivity contribution in [2.24, 2.45) is 0 Å². The Balaban J connectivity index is 2.56. The SMILES string of the molecule is C=CCN(CC=C)C(=O)C(C)NC(=O)Cc1ccccc1. The molecule has 1 unspecified atom stereocenters. The maximum absolute atomic E-state index is 12.2. The Morgan fingerprint density at radius 2 is 1.76 bits per heavy atom. The minimum Gasteiger partial charge on any atom is -0.344 e. The Kier molecular flexibility index (Phi) is 6.95. The molecule has 0 aliphatic heterocycles. The van der Waals surface area contributed by atoms with Crippen molar-refractivity contribution in [2.75, 3.05) is 13.1 Å². The van der Waals surface area contributed by atoms with E-state index in [1.54, 1.807) is 24.0 Å². The highest BCUT2D eigenvalue weighted by Gasteiger charge is 2.20. The molecule has 0 aromatic heterocycles. The quantitative estimate of drug-likeness (QED) is 0.742. The van der Waals surface area contributed by atoms with Gasteiger partial charge in [0.2, 0.25) is 11.8 Å². The van der Waals surface area contributed by atoms with Gasteiger partial charge in [0.25, 0.3) is 0 Å². The lowest BCUT2D eigenvalue weighted by atomic mass is 10.1. The fraction of sp³-hybridized carbons (Fsp3) is 0.294. The molecule has 0 aliphatic carbocycles. The number of benzene rings is 1. The molecule has 1 N–H and O–H groups in total. The molecule has 0 bridgehead atoms. The number of hydrogen-bond donors (Lipinski definition) is 1. The number of carbonyl (C=O) groups excluding carboxylic acids is 2. The summed E-state index contributed by atoms with van der Waals surface area (Å²) in [7, 11) is 0. The molecule has 2 amide bonds. The monoisotopic (exact) mass is 286 g/mol. The van der Waals surface area contributed by atoms with E-state index >= 15 is 0 Å². The summed E-state index contributed by atoms with van der Waals surface area (Å²) in [6.07, 6.45) is 3.57. The van der Waals surface area contributed by atoms with Crippen molar-refractivity contribution in [3.8, 4) is 0 Å². The Hall–Kier alpha value is -2.36. The summed E-state index contributed by atoms with van der Waals surface area (Å²) in [6.45, 7) is 9.80. The van der Waals surface area contributed by atoms with Crippen molar-refractivity contribution in [2.45, 2.75) is 19.4 Å². The van der Waals surface area contributed by atoms with Crippen molar-refractivity contribution in [1.82, 2.24) is 10.2 Å². The van der Waals surface area contributed by atoms with Crippen LogP contribution in [0.5, 0.6) is 0 Å². The third-order valence-electron chi connectivity index (χ3n) is 2.97. The molecule has 1 aromatic carbocycles. The summed E-state index contributed by atoms with van der Waals surface area (Å²) in [5.74, 6) is -0.310. The average molecular weight is 286 g/mol. The van der Waals surface area contributed by atoms with Gasteiger partial charge in [-0.15, -0.1) is 13.2 Å². The maximum Gasteiger partial charge on any atom is 0.245 e. The zero-order valence-electron chi connectivity index (χ0n) is 12.4. The van der Waals surface area contributed by atoms with Crippen LogP contribution in [0.1, 0.15) is 12.5 Å². The van der Waals surface area contributed by atoms with E-state index in [-0.39, 0.29) is 18.2 Å². The molecular weight excluding hydrogens is 264 g/mol. The van der Waals surface area contributed by atoms with Gasteiger partial charge in [-0.1, -0.05) is 42.5 Å². The molecule has 0 saturated heterocycles. The third-order valence-corrected chi connectivity index (χ3v) is 2.97. The molecule has 0 fully saturated rings.